The molecule has 21 heavy (non-hydrogen) atoms. The van der Waals surface area contributed by atoms with Gasteiger partial charge in [-0.15, -0.1) is 0 Å². The summed E-state index contributed by atoms with van der Waals surface area (Å²) in [7, 11) is 0. The van der Waals surface area contributed by atoms with Gasteiger partial charge in [-0.25, -0.2) is 0 Å². The molecule has 2 heteroatoms. The molecule has 0 N–H and O–H groups in total. The normalized spacial score (nSPS) is 17.3. The molecule has 0 amide bonds. The Kier molecular flexibility index (Phi) is 4.12. The second-order valence-corrected chi connectivity index (χ2v) is 6.23. The Labute approximate surface area is 131 Å². The van der Waals surface area contributed by atoms with Crippen molar-refractivity contribution in [2.45, 2.75) is 38.5 Å². The molecule has 2 aromatic rings. The minimum absolute atomic E-state index is 0.205. The van der Waals surface area contributed by atoms with Crippen LogP contribution in [0.2, 0.25) is 5.02 Å². The summed E-state index contributed by atoms with van der Waals surface area (Å²) >= 11 is 6.13. The molecule has 108 valence electrons. The van der Waals surface area contributed by atoms with Crippen LogP contribution < -0.4 is 0 Å². The van der Waals surface area contributed by atoms with Crippen LogP contribution in [0.5, 0.6) is 0 Å². The number of ketones is 1. The molecule has 0 saturated carbocycles. The molecule has 1 atom stereocenters. The molecule has 1 aliphatic carbocycles. The van der Waals surface area contributed by atoms with Crippen LogP contribution in [0, 0.1) is 6.92 Å². The average Bonchev–Trinajstić information content (AvgIpc) is 2.50. The Hall–Kier alpha value is -1.60. The quantitative estimate of drug-likeness (QED) is 0.699. The Morgan fingerprint density at radius 2 is 2.00 bits per heavy atom. The van der Waals surface area contributed by atoms with Crippen molar-refractivity contribution in [3.05, 3.63) is 69.7 Å². The van der Waals surface area contributed by atoms with E-state index in [1.807, 2.05) is 25.1 Å². The second kappa shape index (κ2) is 6.03. The number of benzene rings is 2. The molecular formula is C19H19ClO. The molecule has 0 aromatic heterocycles. The first-order valence-electron chi connectivity index (χ1n) is 7.53. The first-order chi connectivity index (χ1) is 10.2. The van der Waals surface area contributed by atoms with Crippen molar-refractivity contribution in [1.29, 1.82) is 0 Å². The predicted octanol–water partition coefficient (Wildman–Crippen LogP) is 5.34. The summed E-state index contributed by atoms with van der Waals surface area (Å²) in [5, 5.41) is 0.671. The third-order valence-corrected chi connectivity index (χ3v) is 4.90. The summed E-state index contributed by atoms with van der Waals surface area (Å²) in [6.45, 7) is 1.92. The first kappa shape index (κ1) is 14.3. The van der Waals surface area contributed by atoms with Gasteiger partial charge in [-0.1, -0.05) is 48.0 Å². The molecule has 0 heterocycles. The van der Waals surface area contributed by atoms with Gasteiger partial charge in [0.05, 0.1) is 0 Å². The van der Waals surface area contributed by atoms with Gasteiger partial charge in [-0.2, -0.15) is 0 Å². The van der Waals surface area contributed by atoms with Crippen molar-refractivity contribution in [3.63, 3.8) is 0 Å². The van der Waals surface area contributed by atoms with Crippen LogP contribution in [0.15, 0.2) is 42.5 Å². The zero-order chi connectivity index (χ0) is 14.8. The lowest BCUT2D eigenvalue weighted by Gasteiger charge is -2.25. The molecule has 3 rings (SSSR count). The summed E-state index contributed by atoms with van der Waals surface area (Å²) < 4.78 is 0. The lowest BCUT2D eigenvalue weighted by atomic mass is 9.79. The summed E-state index contributed by atoms with van der Waals surface area (Å²) in [6, 6.07) is 14.1. The van der Waals surface area contributed by atoms with Gasteiger partial charge in [0.25, 0.3) is 0 Å². The number of hydrogen-bond donors (Lipinski definition) is 0. The van der Waals surface area contributed by atoms with E-state index in [-0.39, 0.29) is 5.78 Å². The highest BCUT2D eigenvalue weighted by molar-refractivity contribution is 6.31. The van der Waals surface area contributed by atoms with Gasteiger partial charge in [0.15, 0.2) is 5.78 Å². The van der Waals surface area contributed by atoms with Crippen LogP contribution in [-0.2, 0) is 6.42 Å². The largest absolute Gasteiger partial charge is 0.294 e. The maximum atomic E-state index is 12.6. The van der Waals surface area contributed by atoms with Crippen LogP contribution in [0.1, 0.15) is 52.2 Å². The lowest BCUT2D eigenvalue weighted by molar-refractivity contribution is 0.0970. The molecule has 0 saturated heterocycles. The van der Waals surface area contributed by atoms with Gasteiger partial charge in [-0.05, 0) is 54.9 Å². The SMILES string of the molecule is Cc1c(Cl)cccc1C(=O)CC1CCCc2ccccc21. The van der Waals surface area contributed by atoms with Crippen LogP contribution in [0.4, 0.5) is 0 Å². The van der Waals surface area contributed by atoms with Crippen molar-refractivity contribution in [2.75, 3.05) is 0 Å². The summed E-state index contributed by atoms with van der Waals surface area (Å²) in [5.41, 5.74) is 4.43. The van der Waals surface area contributed by atoms with Crippen molar-refractivity contribution >= 4 is 17.4 Å². The minimum atomic E-state index is 0.205. The Morgan fingerprint density at radius 3 is 2.86 bits per heavy atom. The molecule has 0 radical (unpaired) electrons. The van der Waals surface area contributed by atoms with Crippen LogP contribution in [0.25, 0.3) is 0 Å². The van der Waals surface area contributed by atoms with E-state index in [9.17, 15) is 4.79 Å². The number of hydrogen-bond acceptors (Lipinski definition) is 1. The molecule has 0 bridgehead atoms. The standard InChI is InChI=1S/C19H19ClO/c1-13-16(10-5-11-18(13)20)19(21)12-15-8-4-7-14-6-2-3-9-17(14)15/h2-3,5-6,9-11,15H,4,7-8,12H2,1H3. The molecule has 0 fully saturated rings. The predicted molar refractivity (Wildman–Crippen MR) is 87.3 cm³/mol. The van der Waals surface area contributed by atoms with E-state index >= 15 is 0 Å². The van der Waals surface area contributed by atoms with Crippen LogP contribution in [-0.4, -0.2) is 5.78 Å². The fourth-order valence-electron chi connectivity index (χ4n) is 3.31. The number of fused-ring (bicyclic) bond motifs is 1. The minimum Gasteiger partial charge on any atom is -0.294 e. The second-order valence-electron chi connectivity index (χ2n) is 5.83. The zero-order valence-electron chi connectivity index (χ0n) is 12.2. The van der Waals surface area contributed by atoms with Crippen molar-refractivity contribution in [1.82, 2.24) is 0 Å². The van der Waals surface area contributed by atoms with E-state index in [0.717, 1.165) is 24.0 Å². The van der Waals surface area contributed by atoms with Gasteiger partial charge < -0.3 is 0 Å². The van der Waals surface area contributed by atoms with Crippen molar-refractivity contribution in [2.24, 2.45) is 0 Å². The first-order valence-corrected chi connectivity index (χ1v) is 7.90. The molecule has 1 aliphatic rings. The number of Topliss-reactive ketones (excluding diaryl/α,β-unsaturated/α-hetero) is 1. The third kappa shape index (κ3) is 2.89. The molecule has 0 aliphatic heterocycles. The highest BCUT2D eigenvalue weighted by Gasteiger charge is 2.23. The fourth-order valence-corrected chi connectivity index (χ4v) is 3.48. The zero-order valence-corrected chi connectivity index (χ0v) is 13.0. The van der Waals surface area contributed by atoms with E-state index in [1.54, 1.807) is 0 Å². The summed E-state index contributed by atoms with van der Waals surface area (Å²) in [5.74, 6) is 0.553. The summed E-state index contributed by atoms with van der Waals surface area (Å²) in [4.78, 5) is 12.6. The number of halogens is 1. The van der Waals surface area contributed by atoms with Gasteiger partial charge in [0.2, 0.25) is 0 Å². The summed E-state index contributed by atoms with van der Waals surface area (Å²) in [6.07, 6.45) is 3.99. The van der Waals surface area contributed by atoms with Gasteiger partial charge >= 0.3 is 0 Å². The molecule has 0 spiro atoms. The number of aryl methyl sites for hydroxylation is 1. The number of carbonyl (C=O) groups excluding carboxylic acids is 1. The molecule has 1 nitrogen and oxygen atoms in total. The van der Waals surface area contributed by atoms with Crippen molar-refractivity contribution in [3.8, 4) is 0 Å². The fraction of sp³-hybridized carbons (Fsp3) is 0.316. The molecule has 1 unspecified atom stereocenters. The van der Waals surface area contributed by atoms with Crippen LogP contribution >= 0.6 is 11.6 Å². The smallest absolute Gasteiger partial charge is 0.163 e. The van der Waals surface area contributed by atoms with Gasteiger partial charge in [0.1, 0.15) is 0 Å². The Morgan fingerprint density at radius 1 is 1.19 bits per heavy atom. The van der Waals surface area contributed by atoms with E-state index in [2.05, 4.69) is 24.3 Å². The van der Waals surface area contributed by atoms with E-state index in [4.69, 9.17) is 11.6 Å². The topological polar surface area (TPSA) is 17.1 Å². The Balaban J connectivity index is 1.85. The number of carbonyl (C=O) groups is 1. The van der Waals surface area contributed by atoms with E-state index in [1.165, 1.54) is 17.5 Å². The van der Waals surface area contributed by atoms with E-state index in [0.29, 0.717) is 17.4 Å². The van der Waals surface area contributed by atoms with Crippen LogP contribution in [0.3, 0.4) is 0 Å². The number of rotatable bonds is 3. The van der Waals surface area contributed by atoms with Gasteiger partial charge in [-0.3, -0.25) is 4.79 Å². The average molecular weight is 299 g/mol. The highest BCUT2D eigenvalue weighted by atomic mass is 35.5. The molecule has 2 aromatic carbocycles. The lowest BCUT2D eigenvalue weighted by Crippen LogP contribution is -2.14. The monoisotopic (exact) mass is 298 g/mol. The van der Waals surface area contributed by atoms with E-state index < -0.39 is 0 Å². The van der Waals surface area contributed by atoms with Gasteiger partial charge in [0, 0.05) is 17.0 Å². The Bertz CT molecular complexity index is 675. The van der Waals surface area contributed by atoms with Crippen molar-refractivity contribution < 1.29 is 4.79 Å². The third-order valence-electron chi connectivity index (χ3n) is 4.49. The maximum Gasteiger partial charge on any atom is 0.163 e. The highest BCUT2D eigenvalue weighted by Crippen LogP contribution is 2.35. The molecular weight excluding hydrogens is 280 g/mol. The maximum absolute atomic E-state index is 12.6.